The molecule has 1 saturated carbocycles. The fourth-order valence-electron chi connectivity index (χ4n) is 2.46. The molecule has 1 heterocycles. The molecule has 1 aliphatic rings. The Morgan fingerprint density at radius 1 is 1.39 bits per heavy atom. The minimum Gasteiger partial charge on any atom is -0.352 e. The van der Waals surface area contributed by atoms with Gasteiger partial charge in [-0.25, -0.2) is 0 Å². The first-order valence-corrected chi connectivity index (χ1v) is 6.62. The Bertz CT molecular complexity index is 459. The fraction of sp³-hybridized carbons (Fsp3) is 0.571. The van der Waals surface area contributed by atoms with Crippen molar-refractivity contribution in [1.29, 1.82) is 0 Å². The predicted molar refractivity (Wildman–Crippen MR) is 70.5 cm³/mol. The topological polar surface area (TPSA) is 62.0 Å². The number of pyridine rings is 1. The Morgan fingerprint density at radius 3 is 2.78 bits per heavy atom. The smallest absolute Gasteiger partial charge is 0.251 e. The number of hydrogen-bond donors (Lipinski definition) is 2. The van der Waals surface area contributed by atoms with E-state index in [1.54, 1.807) is 6.07 Å². The van der Waals surface area contributed by atoms with E-state index in [0.29, 0.717) is 11.5 Å². The quantitative estimate of drug-likeness (QED) is 0.858. The molecule has 18 heavy (non-hydrogen) atoms. The summed E-state index contributed by atoms with van der Waals surface area (Å²) in [4.78, 5) is 25.4. The number of carbonyl (C=O) groups is 1. The van der Waals surface area contributed by atoms with Crippen LogP contribution in [0.2, 0.25) is 0 Å². The number of hydrogen-bond acceptors (Lipinski definition) is 2. The highest BCUT2D eigenvalue weighted by Crippen LogP contribution is 2.27. The maximum Gasteiger partial charge on any atom is 0.251 e. The van der Waals surface area contributed by atoms with E-state index in [0.717, 1.165) is 12.5 Å². The largest absolute Gasteiger partial charge is 0.352 e. The summed E-state index contributed by atoms with van der Waals surface area (Å²) in [7, 11) is 0. The van der Waals surface area contributed by atoms with Crippen LogP contribution in [0.3, 0.4) is 0 Å². The first-order valence-electron chi connectivity index (χ1n) is 6.62. The van der Waals surface area contributed by atoms with Gasteiger partial charge in [0.05, 0.1) is 0 Å². The number of nitrogens with one attached hydrogen (secondary N) is 2. The van der Waals surface area contributed by atoms with E-state index < -0.39 is 0 Å². The number of amides is 1. The lowest BCUT2D eigenvalue weighted by atomic mass is 9.83. The van der Waals surface area contributed by atoms with Crippen LogP contribution in [-0.2, 0) is 0 Å². The molecule has 1 fully saturated rings. The van der Waals surface area contributed by atoms with Gasteiger partial charge in [0.2, 0.25) is 5.56 Å². The average Bonchev–Trinajstić information content (AvgIpc) is 2.38. The van der Waals surface area contributed by atoms with E-state index >= 15 is 0 Å². The van der Waals surface area contributed by atoms with E-state index in [2.05, 4.69) is 17.2 Å². The molecule has 4 nitrogen and oxygen atoms in total. The Labute approximate surface area is 107 Å². The molecule has 2 rings (SSSR count). The average molecular weight is 248 g/mol. The molecule has 1 aromatic heterocycles. The Hall–Kier alpha value is -1.58. The Balaban J connectivity index is 1.83. The Kier molecular flexibility index (Phi) is 4.18. The summed E-state index contributed by atoms with van der Waals surface area (Å²) in [6, 6.07) is 2.96. The molecule has 1 amide bonds. The molecule has 0 radical (unpaired) electrons. The molecule has 0 atom stereocenters. The summed E-state index contributed by atoms with van der Waals surface area (Å²) in [6.45, 7) is 3.00. The van der Waals surface area contributed by atoms with Gasteiger partial charge in [-0.2, -0.15) is 0 Å². The van der Waals surface area contributed by atoms with Crippen LogP contribution in [0.1, 0.15) is 43.0 Å². The third-order valence-corrected chi connectivity index (χ3v) is 3.72. The van der Waals surface area contributed by atoms with Crippen LogP contribution in [0, 0.1) is 11.8 Å². The maximum atomic E-state index is 11.8. The minimum absolute atomic E-state index is 0.153. The minimum atomic E-state index is -0.242. The molecule has 1 aliphatic carbocycles. The van der Waals surface area contributed by atoms with Gasteiger partial charge in [-0.3, -0.25) is 9.59 Å². The molecular weight excluding hydrogens is 228 g/mol. The zero-order valence-corrected chi connectivity index (χ0v) is 10.7. The van der Waals surface area contributed by atoms with Crippen molar-refractivity contribution in [3.63, 3.8) is 0 Å². The van der Waals surface area contributed by atoms with Gasteiger partial charge < -0.3 is 10.3 Å². The van der Waals surface area contributed by atoms with Crippen molar-refractivity contribution in [1.82, 2.24) is 10.3 Å². The predicted octanol–water partition coefficient (Wildman–Crippen LogP) is 1.93. The molecule has 0 saturated heterocycles. The zero-order chi connectivity index (χ0) is 13.0. The first kappa shape index (κ1) is 12.9. The summed E-state index contributed by atoms with van der Waals surface area (Å²) in [5.41, 5.74) is 0.192. The summed E-state index contributed by atoms with van der Waals surface area (Å²) in [5, 5.41) is 2.92. The maximum absolute atomic E-state index is 11.8. The molecule has 0 unspecified atom stereocenters. The van der Waals surface area contributed by atoms with Crippen molar-refractivity contribution in [2.75, 3.05) is 6.54 Å². The van der Waals surface area contributed by atoms with Crippen LogP contribution in [0.15, 0.2) is 23.1 Å². The van der Waals surface area contributed by atoms with E-state index in [9.17, 15) is 9.59 Å². The number of aromatic amines is 1. The molecule has 4 heteroatoms. The van der Waals surface area contributed by atoms with Gasteiger partial charge in [0.25, 0.3) is 5.91 Å². The molecule has 0 aromatic carbocycles. The van der Waals surface area contributed by atoms with Gasteiger partial charge in [-0.1, -0.05) is 19.8 Å². The second-order valence-corrected chi connectivity index (χ2v) is 5.28. The third-order valence-electron chi connectivity index (χ3n) is 3.72. The summed E-state index contributed by atoms with van der Waals surface area (Å²) in [5.74, 6) is 1.26. The number of aromatic nitrogens is 1. The van der Waals surface area contributed by atoms with Crippen molar-refractivity contribution in [2.24, 2.45) is 11.8 Å². The molecule has 0 bridgehead atoms. The van der Waals surface area contributed by atoms with Crippen LogP contribution in [0.4, 0.5) is 0 Å². The third kappa shape index (κ3) is 3.45. The summed E-state index contributed by atoms with van der Waals surface area (Å²) >= 11 is 0. The highest BCUT2D eigenvalue weighted by molar-refractivity contribution is 5.93. The second kappa shape index (κ2) is 5.85. The normalized spacial score (nSPS) is 23.6. The van der Waals surface area contributed by atoms with Crippen molar-refractivity contribution >= 4 is 5.91 Å². The molecule has 0 spiro atoms. The van der Waals surface area contributed by atoms with Gasteiger partial charge in [0.15, 0.2) is 0 Å². The highest BCUT2D eigenvalue weighted by Gasteiger charge is 2.18. The van der Waals surface area contributed by atoms with Gasteiger partial charge in [0, 0.05) is 24.4 Å². The van der Waals surface area contributed by atoms with Crippen LogP contribution in [-0.4, -0.2) is 17.4 Å². The molecule has 98 valence electrons. The zero-order valence-electron chi connectivity index (χ0n) is 10.7. The van der Waals surface area contributed by atoms with Crippen LogP contribution >= 0.6 is 0 Å². The summed E-state index contributed by atoms with van der Waals surface area (Å²) < 4.78 is 0. The molecule has 2 N–H and O–H groups in total. The van der Waals surface area contributed by atoms with Crippen molar-refractivity contribution in [3.05, 3.63) is 34.2 Å². The fourth-order valence-corrected chi connectivity index (χ4v) is 2.46. The SMILES string of the molecule is CC1CCC(CNC(=O)c2cc[nH]c(=O)c2)CC1. The van der Waals surface area contributed by atoms with E-state index in [1.807, 2.05) is 0 Å². The van der Waals surface area contributed by atoms with E-state index in [4.69, 9.17) is 0 Å². The monoisotopic (exact) mass is 248 g/mol. The number of carbonyl (C=O) groups excluding carboxylic acids is 1. The van der Waals surface area contributed by atoms with Gasteiger partial charge in [0.1, 0.15) is 0 Å². The standard InChI is InChI=1S/C14H20N2O2/c1-10-2-4-11(5-3-10)9-16-14(18)12-6-7-15-13(17)8-12/h6-8,10-11H,2-5,9H2,1H3,(H,15,17)(H,16,18). The number of H-pyrrole nitrogens is 1. The van der Waals surface area contributed by atoms with Crippen LogP contribution in [0.5, 0.6) is 0 Å². The van der Waals surface area contributed by atoms with Crippen molar-refractivity contribution < 1.29 is 4.79 Å². The lowest BCUT2D eigenvalue weighted by Gasteiger charge is -2.26. The van der Waals surface area contributed by atoms with Gasteiger partial charge in [-0.05, 0) is 30.7 Å². The van der Waals surface area contributed by atoms with Gasteiger partial charge >= 0.3 is 0 Å². The number of rotatable bonds is 3. The lowest BCUT2D eigenvalue weighted by Crippen LogP contribution is -2.31. The molecular formula is C14H20N2O2. The van der Waals surface area contributed by atoms with Crippen LogP contribution < -0.4 is 10.9 Å². The summed E-state index contributed by atoms with van der Waals surface area (Å²) in [6.07, 6.45) is 6.39. The second-order valence-electron chi connectivity index (χ2n) is 5.28. The van der Waals surface area contributed by atoms with E-state index in [1.165, 1.54) is 37.9 Å². The Morgan fingerprint density at radius 2 is 2.11 bits per heavy atom. The molecule has 0 aliphatic heterocycles. The van der Waals surface area contributed by atoms with Crippen LogP contribution in [0.25, 0.3) is 0 Å². The lowest BCUT2D eigenvalue weighted by molar-refractivity contribution is 0.0941. The molecule has 1 aromatic rings. The van der Waals surface area contributed by atoms with Crippen molar-refractivity contribution in [3.8, 4) is 0 Å². The van der Waals surface area contributed by atoms with Gasteiger partial charge in [-0.15, -0.1) is 0 Å². The first-order chi connectivity index (χ1) is 8.65. The van der Waals surface area contributed by atoms with E-state index in [-0.39, 0.29) is 11.5 Å². The highest BCUT2D eigenvalue weighted by atomic mass is 16.2. The van der Waals surface area contributed by atoms with Crippen molar-refractivity contribution in [2.45, 2.75) is 32.6 Å².